The fraction of sp³-hybridized carbons (Fsp3) is 0.438. The third kappa shape index (κ3) is 2.55. The van der Waals surface area contributed by atoms with Crippen LogP contribution in [0.4, 0.5) is 5.69 Å². The van der Waals surface area contributed by atoms with Crippen molar-refractivity contribution in [2.45, 2.75) is 46.1 Å². The van der Waals surface area contributed by atoms with Crippen LogP contribution in [0.15, 0.2) is 10.9 Å². The van der Waals surface area contributed by atoms with Crippen molar-refractivity contribution in [3.8, 4) is 0 Å². The maximum Gasteiger partial charge on any atom is 0.312 e. The van der Waals surface area contributed by atoms with Gasteiger partial charge in [-0.25, -0.2) is 4.98 Å². The van der Waals surface area contributed by atoms with E-state index in [4.69, 9.17) is 0 Å². The summed E-state index contributed by atoms with van der Waals surface area (Å²) in [7, 11) is 0. The molecule has 3 aromatic heterocycles. The summed E-state index contributed by atoms with van der Waals surface area (Å²) in [5.41, 5.74) is 2.43. The second-order valence-corrected chi connectivity index (χ2v) is 7.38. The molecule has 0 aromatic carbocycles. The Morgan fingerprint density at radius 1 is 1.32 bits per heavy atom. The van der Waals surface area contributed by atoms with Gasteiger partial charge in [0.05, 0.1) is 17.2 Å². The molecule has 0 aliphatic heterocycles. The number of rotatable bonds is 3. The Hall–Kier alpha value is -2.55. The molecule has 0 radical (unpaired) electrons. The molecule has 0 saturated carbocycles. The first-order valence-electron chi connectivity index (χ1n) is 8.17. The molecule has 0 amide bonds. The van der Waals surface area contributed by atoms with Gasteiger partial charge in [0.2, 0.25) is 0 Å². The molecule has 0 atom stereocenters. The highest BCUT2D eigenvalue weighted by Crippen LogP contribution is 2.28. The van der Waals surface area contributed by atoms with Crippen LogP contribution in [0.5, 0.6) is 0 Å². The second kappa shape index (κ2) is 5.76. The van der Waals surface area contributed by atoms with E-state index in [-0.39, 0.29) is 17.8 Å². The molecule has 0 unspecified atom stereocenters. The van der Waals surface area contributed by atoms with Crippen LogP contribution in [0.1, 0.15) is 40.5 Å². The van der Waals surface area contributed by atoms with Crippen LogP contribution in [-0.2, 0) is 19.4 Å². The summed E-state index contributed by atoms with van der Waals surface area (Å²) < 4.78 is 3.26. The summed E-state index contributed by atoms with van der Waals surface area (Å²) in [6.45, 7) is 3.52. The Morgan fingerprint density at radius 2 is 2.08 bits per heavy atom. The van der Waals surface area contributed by atoms with E-state index in [1.54, 1.807) is 34.3 Å². The van der Waals surface area contributed by atoms with Gasteiger partial charge >= 0.3 is 5.69 Å². The van der Waals surface area contributed by atoms with Crippen LogP contribution in [0, 0.1) is 24.0 Å². The highest BCUT2D eigenvalue weighted by atomic mass is 32.1. The van der Waals surface area contributed by atoms with Gasteiger partial charge in [-0.1, -0.05) is 0 Å². The molecule has 1 aliphatic rings. The first kappa shape index (κ1) is 15.9. The topological polar surface area (TPSA) is 95.3 Å². The number of fused-ring (bicyclic) bond motifs is 3. The lowest BCUT2D eigenvalue weighted by Crippen LogP contribution is -2.19. The van der Waals surface area contributed by atoms with Crippen molar-refractivity contribution in [2.75, 3.05) is 0 Å². The number of nitrogens with zero attached hydrogens (tertiary/aromatic N) is 5. The molecule has 0 saturated heterocycles. The maximum absolute atomic E-state index is 12.6. The Labute approximate surface area is 146 Å². The monoisotopic (exact) mass is 359 g/mol. The molecule has 1 aliphatic carbocycles. The molecule has 130 valence electrons. The van der Waals surface area contributed by atoms with Crippen molar-refractivity contribution in [3.05, 3.63) is 54.2 Å². The summed E-state index contributed by atoms with van der Waals surface area (Å²) in [6, 6.07) is 1.51. The van der Waals surface area contributed by atoms with Gasteiger partial charge in [-0.15, -0.1) is 11.3 Å². The smallest absolute Gasteiger partial charge is 0.269 e. The van der Waals surface area contributed by atoms with E-state index in [1.807, 2.05) is 0 Å². The zero-order valence-electron chi connectivity index (χ0n) is 14.0. The molecular formula is C16H17N5O3S. The normalized spacial score (nSPS) is 14.0. The first-order valence-corrected chi connectivity index (χ1v) is 8.99. The van der Waals surface area contributed by atoms with Gasteiger partial charge in [-0.05, 0) is 39.5 Å². The first-order chi connectivity index (χ1) is 12.0. The lowest BCUT2D eigenvalue weighted by atomic mass is 10.0. The summed E-state index contributed by atoms with van der Waals surface area (Å²) >= 11 is 1.57. The molecule has 0 N–H and O–H groups in total. The third-order valence-electron chi connectivity index (χ3n) is 4.65. The minimum absolute atomic E-state index is 0.0180. The van der Waals surface area contributed by atoms with Crippen molar-refractivity contribution in [1.82, 2.24) is 19.2 Å². The third-order valence-corrected chi connectivity index (χ3v) is 5.79. The average Bonchev–Trinajstić information content (AvgIpc) is 3.04. The van der Waals surface area contributed by atoms with Gasteiger partial charge < -0.3 is 0 Å². The van der Waals surface area contributed by atoms with Crippen molar-refractivity contribution < 1.29 is 4.92 Å². The van der Waals surface area contributed by atoms with Crippen molar-refractivity contribution in [3.63, 3.8) is 0 Å². The van der Waals surface area contributed by atoms with Gasteiger partial charge in [-0.2, -0.15) is 5.10 Å². The van der Waals surface area contributed by atoms with Crippen LogP contribution in [0.2, 0.25) is 0 Å². The SMILES string of the molecule is Cc1nn(Cc2cc(=O)n3c4c(sc3n2)CCCC4)c(C)c1[N+](=O)[O-]. The molecule has 0 bridgehead atoms. The van der Waals surface area contributed by atoms with Gasteiger partial charge in [0.15, 0.2) is 4.96 Å². The van der Waals surface area contributed by atoms with Crippen LogP contribution >= 0.6 is 11.3 Å². The molecule has 4 rings (SSSR count). The average molecular weight is 359 g/mol. The molecule has 8 nitrogen and oxygen atoms in total. The van der Waals surface area contributed by atoms with Crippen molar-refractivity contribution >= 4 is 22.0 Å². The second-order valence-electron chi connectivity index (χ2n) is 6.32. The molecule has 0 fully saturated rings. The number of aryl methyl sites for hydroxylation is 3. The predicted molar refractivity (Wildman–Crippen MR) is 93.4 cm³/mol. The fourth-order valence-corrected chi connectivity index (χ4v) is 4.71. The van der Waals surface area contributed by atoms with Crippen LogP contribution in [0.3, 0.4) is 0 Å². The standard InChI is InChI=1S/C16H17N5O3S/c1-9-15(21(23)24)10(2)19(18-9)8-11-7-14(22)20-12-5-3-4-6-13(12)25-16(20)17-11/h7H,3-6,8H2,1-2H3. The minimum atomic E-state index is -0.424. The van der Waals surface area contributed by atoms with Gasteiger partial charge in [0.1, 0.15) is 11.4 Å². The Balaban J connectivity index is 1.77. The van der Waals surface area contributed by atoms with Crippen molar-refractivity contribution in [1.29, 1.82) is 0 Å². The minimum Gasteiger partial charge on any atom is -0.269 e. The summed E-state index contributed by atoms with van der Waals surface area (Å²) in [5, 5.41) is 15.4. The number of thiazole rings is 1. The molecule has 3 heterocycles. The molecular weight excluding hydrogens is 342 g/mol. The molecule has 0 spiro atoms. The van der Waals surface area contributed by atoms with E-state index >= 15 is 0 Å². The lowest BCUT2D eigenvalue weighted by Gasteiger charge is -2.10. The van der Waals surface area contributed by atoms with E-state index < -0.39 is 4.92 Å². The number of nitro groups is 1. The lowest BCUT2D eigenvalue weighted by molar-refractivity contribution is -0.386. The summed E-state index contributed by atoms with van der Waals surface area (Å²) in [6.07, 6.45) is 4.17. The maximum atomic E-state index is 12.6. The van der Waals surface area contributed by atoms with Gasteiger partial charge in [0.25, 0.3) is 5.56 Å². The molecule has 3 aromatic rings. The Morgan fingerprint density at radius 3 is 2.80 bits per heavy atom. The van der Waals surface area contributed by atoms with Crippen LogP contribution < -0.4 is 5.56 Å². The highest BCUT2D eigenvalue weighted by Gasteiger charge is 2.23. The van der Waals surface area contributed by atoms with Crippen molar-refractivity contribution in [2.24, 2.45) is 0 Å². The Kier molecular flexibility index (Phi) is 3.68. The van der Waals surface area contributed by atoms with E-state index in [0.717, 1.165) is 31.4 Å². The van der Waals surface area contributed by atoms with E-state index in [0.29, 0.717) is 22.0 Å². The quantitative estimate of drug-likeness (QED) is 0.528. The summed E-state index contributed by atoms with van der Waals surface area (Å²) in [5.74, 6) is 0. The van der Waals surface area contributed by atoms with Crippen LogP contribution in [0.25, 0.3) is 4.96 Å². The number of hydrogen-bond donors (Lipinski definition) is 0. The van der Waals surface area contributed by atoms with E-state index in [2.05, 4.69) is 10.1 Å². The van der Waals surface area contributed by atoms with Gasteiger partial charge in [0, 0.05) is 16.6 Å². The fourth-order valence-electron chi connectivity index (χ4n) is 3.48. The van der Waals surface area contributed by atoms with Crippen LogP contribution in [-0.4, -0.2) is 24.1 Å². The number of aromatic nitrogens is 4. The molecule has 25 heavy (non-hydrogen) atoms. The highest BCUT2D eigenvalue weighted by molar-refractivity contribution is 7.17. The van der Waals surface area contributed by atoms with E-state index in [9.17, 15) is 14.9 Å². The Bertz CT molecular complexity index is 1060. The zero-order valence-corrected chi connectivity index (χ0v) is 14.8. The van der Waals surface area contributed by atoms with Gasteiger partial charge in [-0.3, -0.25) is 24.0 Å². The van der Waals surface area contributed by atoms with E-state index in [1.165, 1.54) is 10.9 Å². The predicted octanol–water partition coefficient (Wildman–Crippen LogP) is 2.40. The number of hydrogen-bond acceptors (Lipinski definition) is 6. The zero-order chi connectivity index (χ0) is 17.7. The summed E-state index contributed by atoms with van der Waals surface area (Å²) in [4.78, 5) is 29.8. The molecule has 9 heteroatoms. The largest absolute Gasteiger partial charge is 0.312 e.